The van der Waals surface area contributed by atoms with E-state index < -0.39 is 0 Å². The van der Waals surface area contributed by atoms with Gasteiger partial charge in [-0.3, -0.25) is 0 Å². The summed E-state index contributed by atoms with van der Waals surface area (Å²) in [4.78, 5) is 2.34. The predicted molar refractivity (Wildman–Crippen MR) is 81.2 cm³/mol. The smallest absolute Gasteiger partial charge is 0.0393 e. The molecular formula is C16H28N2. The van der Waals surface area contributed by atoms with Crippen molar-refractivity contribution in [2.45, 2.75) is 34.1 Å². The van der Waals surface area contributed by atoms with Crippen molar-refractivity contribution in [3.05, 3.63) is 29.3 Å². The molecule has 0 saturated heterocycles. The fourth-order valence-electron chi connectivity index (χ4n) is 2.63. The largest absolute Gasteiger partial charge is 0.374 e. The van der Waals surface area contributed by atoms with Crippen LogP contribution in [0.5, 0.6) is 0 Å². The van der Waals surface area contributed by atoms with Gasteiger partial charge in [-0.05, 0) is 50.3 Å². The van der Waals surface area contributed by atoms with E-state index in [1.807, 2.05) is 0 Å². The zero-order valence-corrected chi connectivity index (χ0v) is 12.5. The van der Waals surface area contributed by atoms with Crippen LogP contribution in [0.25, 0.3) is 0 Å². The van der Waals surface area contributed by atoms with E-state index in [0.717, 1.165) is 13.1 Å². The normalized spacial score (nSPS) is 12.8. The van der Waals surface area contributed by atoms with Crippen LogP contribution in [0.1, 0.15) is 31.4 Å². The number of hydrogen-bond donors (Lipinski definition) is 1. The Morgan fingerprint density at radius 3 is 2.39 bits per heavy atom. The van der Waals surface area contributed by atoms with Crippen LogP contribution in [0.15, 0.2) is 18.2 Å². The van der Waals surface area contributed by atoms with Gasteiger partial charge in [0.2, 0.25) is 0 Å². The van der Waals surface area contributed by atoms with Crippen molar-refractivity contribution < 1.29 is 0 Å². The monoisotopic (exact) mass is 248 g/mol. The Hall–Kier alpha value is -1.02. The van der Waals surface area contributed by atoms with Crippen LogP contribution in [0, 0.1) is 25.7 Å². The maximum absolute atomic E-state index is 5.88. The minimum Gasteiger partial charge on any atom is -0.374 e. The second kappa shape index (κ2) is 6.79. The van der Waals surface area contributed by atoms with E-state index in [-0.39, 0.29) is 0 Å². The highest BCUT2D eigenvalue weighted by atomic mass is 15.1. The molecule has 1 aromatic rings. The Morgan fingerprint density at radius 2 is 1.89 bits per heavy atom. The average Bonchev–Trinajstić information content (AvgIpc) is 2.27. The molecule has 18 heavy (non-hydrogen) atoms. The Balaban J connectivity index is 2.71. The van der Waals surface area contributed by atoms with Crippen molar-refractivity contribution in [2.75, 3.05) is 25.0 Å². The van der Waals surface area contributed by atoms with E-state index in [0.29, 0.717) is 11.8 Å². The number of rotatable bonds is 6. The van der Waals surface area contributed by atoms with Crippen LogP contribution in [0.4, 0.5) is 5.69 Å². The van der Waals surface area contributed by atoms with Crippen LogP contribution in [-0.2, 0) is 0 Å². The molecule has 2 heteroatoms. The molecule has 0 heterocycles. The van der Waals surface area contributed by atoms with Gasteiger partial charge in [0.15, 0.2) is 0 Å². The van der Waals surface area contributed by atoms with Crippen LogP contribution in [0.3, 0.4) is 0 Å². The second-order valence-corrected chi connectivity index (χ2v) is 5.90. The Bertz CT molecular complexity index is 371. The van der Waals surface area contributed by atoms with Gasteiger partial charge in [0.1, 0.15) is 0 Å². The molecule has 2 nitrogen and oxygen atoms in total. The molecular weight excluding hydrogens is 220 g/mol. The average molecular weight is 248 g/mol. The Morgan fingerprint density at radius 1 is 1.22 bits per heavy atom. The number of hydrogen-bond acceptors (Lipinski definition) is 2. The molecule has 1 unspecified atom stereocenters. The highest BCUT2D eigenvalue weighted by Gasteiger charge is 2.13. The van der Waals surface area contributed by atoms with Gasteiger partial charge >= 0.3 is 0 Å². The van der Waals surface area contributed by atoms with Gasteiger partial charge in [-0.2, -0.15) is 0 Å². The van der Waals surface area contributed by atoms with Crippen molar-refractivity contribution in [2.24, 2.45) is 17.6 Å². The molecule has 0 spiro atoms. The van der Waals surface area contributed by atoms with Gasteiger partial charge in [-0.25, -0.2) is 0 Å². The maximum Gasteiger partial charge on any atom is 0.0393 e. The minimum absolute atomic E-state index is 0.579. The van der Waals surface area contributed by atoms with Crippen molar-refractivity contribution >= 4 is 5.69 Å². The molecule has 0 radical (unpaired) electrons. The van der Waals surface area contributed by atoms with Crippen molar-refractivity contribution in [3.8, 4) is 0 Å². The lowest BCUT2D eigenvalue weighted by atomic mass is 9.96. The van der Waals surface area contributed by atoms with E-state index in [1.54, 1.807) is 0 Å². The first-order chi connectivity index (χ1) is 8.43. The van der Waals surface area contributed by atoms with Gasteiger partial charge in [-0.15, -0.1) is 0 Å². The molecule has 0 aliphatic rings. The number of nitrogens with zero attached hydrogens (tertiary/aromatic N) is 1. The summed E-state index contributed by atoms with van der Waals surface area (Å²) in [6, 6.07) is 6.64. The molecule has 0 amide bonds. The lowest BCUT2D eigenvalue weighted by molar-refractivity contribution is 0.419. The molecule has 0 aliphatic heterocycles. The Labute approximate surface area is 112 Å². The first kappa shape index (κ1) is 15.0. The predicted octanol–water partition coefficient (Wildman–Crippen LogP) is 3.36. The molecule has 0 bridgehead atoms. The lowest BCUT2D eigenvalue weighted by Crippen LogP contribution is -2.31. The fourth-order valence-corrected chi connectivity index (χ4v) is 2.63. The lowest BCUT2D eigenvalue weighted by Gasteiger charge is -2.27. The highest BCUT2D eigenvalue weighted by Crippen LogP contribution is 2.22. The molecule has 0 aliphatic carbocycles. The molecule has 0 saturated carbocycles. The van der Waals surface area contributed by atoms with E-state index in [9.17, 15) is 0 Å². The zero-order chi connectivity index (χ0) is 13.7. The SMILES string of the molecule is Cc1ccc(N(C)CC(CN)CC(C)C)c(C)c1. The summed E-state index contributed by atoms with van der Waals surface area (Å²) < 4.78 is 0. The number of benzene rings is 1. The summed E-state index contributed by atoms with van der Waals surface area (Å²) in [5.41, 5.74) is 9.87. The first-order valence-electron chi connectivity index (χ1n) is 6.92. The molecule has 2 N–H and O–H groups in total. The topological polar surface area (TPSA) is 29.3 Å². The third kappa shape index (κ3) is 4.34. The molecule has 0 aromatic heterocycles. The maximum atomic E-state index is 5.88. The van der Waals surface area contributed by atoms with E-state index in [4.69, 9.17) is 5.73 Å². The number of nitrogens with two attached hydrogens (primary N) is 1. The molecule has 102 valence electrons. The summed E-state index contributed by atoms with van der Waals surface area (Å²) in [7, 11) is 2.17. The zero-order valence-electron chi connectivity index (χ0n) is 12.5. The first-order valence-corrected chi connectivity index (χ1v) is 6.92. The van der Waals surface area contributed by atoms with Gasteiger partial charge in [0.25, 0.3) is 0 Å². The quantitative estimate of drug-likeness (QED) is 0.836. The summed E-state index contributed by atoms with van der Waals surface area (Å²) in [6.07, 6.45) is 1.20. The molecule has 1 rings (SSSR count). The van der Waals surface area contributed by atoms with Gasteiger partial charge < -0.3 is 10.6 Å². The summed E-state index contributed by atoms with van der Waals surface area (Å²) in [6.45, 7) is 10.7. The van der Waals surface area contributed by atoms with Crippen LogP contribution in [0.2, 0.25) is 0 Å². The Kier molecular flexibility index (Phi) is 5.67. The third-order valence-corrected chi connectivity index (χ3v) is 3.43. The molecule has 0 fully saturated rings. The molecule has 1 aromatic carbocycles. The van der Waals surface area contributed by atoms with Crippen molar-refractivity contribution in [1.82, 2.24) is 0 Å². The number of anilines is 1. The van der Waals surface area contributed by atoms with Gasteiger partial charge in [-0.1, -0.05) is 31.5 Å². The van der Waals surface area contributed by atoms with Crippen LogP contribution in [-0.4, -0.2) is 20.1 Å². The highest BCUT2D eigenvalue weighted by molar-refractivity contribution is 5.53. The minimum atomic E-state index is 0.579. The molecule has 1 atom stereocenters. The van der Waals surface area contributed by atoms with Crippen molar-refractivity contribution in [1.29, 1.82) is 0 Å². The van der Waals surface area contributed by atoms with Crippen LogP contribution < -0.4 is 10.6 Å². The van der Waals surface area contributed by atoms with E-state index >= 15 is 0 Å². The summed E-state index contributed by atoms with van der Waals surface area (Å²) >= 11 is 0. The van der Waals surface area contributed by atoms with Gasteiger partial charge in [0, 0.05) is 19.3 Å². The second-order valence-electron chi connectivity index (χ2n) is 5.90. The van der Waals surface area contributed by atoms with E-state index in [1.165, 1.54) is 23.2 Å². The third-order valence-electron chi connectivity index (χ3n) is 3.43. The van der Waals surface area contributed by atoms with Crippen LogP contribution >= 0.6 is 0 Å². The van der Waals surface area contributed by atoms with Gasteiger partial charge in [0.05, 0.1) is 0 Å². The number of aryl methyl sites for hydroxylation is 2. The fraction of sp³-hybridized carbons (Fsp3) is 0.625. The summed E-state index contributed by atoms with van der Waals surface area (Å²) in [5.74, 6) is 1.29. The van der Waals surface area contributed by atoms with E-state index in [2.05, 4.69) is 57.8 Å². The summed E-state index contributed by atoms with van der Waals surface area (Å²) in [5, 5.41) is 0. The standard InChI is InChI=1S/C16H28N2/c1-12(2)8-15(10-17)11-18(5)16-7-6-13(3)9-14(16)4/h6-7,9,12,15H,8,10-11,17H2,1-5H3. The van der Waals surface area contributed by atoms with Crippen molar-refractivity contribution in [3.63, 3.8) is 0 Å².